The van der Waals surface area contributed by atoms with Crippen LogP contribution in [0.3, 0.4) is 0 Å². The molecule has 1 N–H and O–H groups in total. The van der Waals surface area contributed by atoms with Gasteiger partial charge in [0, 0.05) is 24.2 Å². The van der Waals surface area contributed by atoms with Crippen LogP contribution in [0.4, 0.5) is 4.39 Å². The molecule has 0 aromatic heterocycles. The fourth-order valence-corrected chi connectivity index (χ4v) is 5.52. The van der Waals surface area contributed by atoms with Crippen LogP contribution >= 0.6 is 23.2 Å². The van der Waals surface area contributed by atoms with E-state index in [0.717, 1.165) is 38.9 Å². The number of aliphatic carboxylic acids is 1. The molecule has 0 radical (unpaired) electrons. The van der Waals surface area contributed by atoms with E-state index in [0.29, 0.717) is 12.1 Å². The highest BCUT2D eigenvalue weighted by Crippen LogP contribution is 2.44. The summed E-state index contributed by atoms with van der Waals surface area (Å²) in [5.41, 5.74) is 6.29. The molecule has 1 heterocycles. The normalized spacial score (nSPS) is 14.0. The molecule has 3 aromatic rings. The molecule has 8 heteroatoms. The van der Waals surface area contributed by atoms with Crippen molar-refractivity contribution in [3.8, 4) is 11.1 Å². The summed E-state index contributed by atoms with van der Waals surface area (Å²) in [5, 5.41) is 9.84. The van der Waals surface area contributed by atoms with Crippen LogP contribution in [0.5, 0.6) is 0 Å². The van der Waals surface area contributed by atoms with Gasteiger partial charge in [0.2, 0.25) is 0 Å². The van der Waals surface area contributed by atoms with Crippen molar-refractivity contribution in [2.45, 2.75) is 66.3 Å². The predicted molar refractivity (Wildman–Crippen MR) is 147 cm³/mol. The Labute approximate surface area is 232 Å². The molecule has 0 bridgehead atoms. The summed E-state index contributed by atoms with van der Waals surface area (Å²) in [4.78, 5) is 27.6. The van der Waals surface area contributed by atoms with Gasteiger partial charge in [-0.2, -0.15) is 0 Å². The minimum absolute atomic E-state index is 0.183. The molecule has 0 fully saturated rings. The zero-order valence-electron chi connectivity index (χ0n) is 22.2. The summed E-state index contributed by atoms with van der Waals surface area (Å²) < 4.78 is 20.1. The SMILES string of the molecule is Cc1ccc(-c2c(C)c3c(c(C)c2C(OC(C)(C)C)C(=O)O)CN(C(=O)c2cc(Cl)c(F)c(Cl)c2)C3)cc1. The molecule has 0 saturated carbocycles. The van der Waals surface area contributed by atoms with Crippen LogP contribution in [-0.2, 0) is 22.6 Å². The Morgan fingerprint density at radius 1 is 0.974 bits per heavy atom. The fourth-order valence-electron chi connectivity index (χ4n) is 5.03. The summed E-state index contributed by atoms with van der Waals surface area (Å²) >= 11 is 11.9. The smallest absolute Gasteiger partial charge is 0.337 e. The average Bonchev–Trinajstić information content (AvgIpc) is 3.29. The van der Waals surface area contributed by atoms with Gasteiger partial charge >= 0.3 is 5.97 Å². The Kier molecular flexibility index (Phi) is 7.63. The van der Waals surface area contributed by atoms with Gasteiger partial charge in [-0.3, -0.25) is 4.79 Å². The third-order valence-electron chi connectivity index (χ3n) is 6.83. The van der Waals surface area contributed by atoms with Crippen molar-refractivity contribution in [3.05, 3.63) is 91.2 Å². The van der Waals surface area contributed by atoms with Gasteiger partial charge in [0.15, 0.2) is 11.9 Å². The van der Waals surface area contributed by atoms with E-state index >= 15 is 0 Å². The predicted octanol–water partition coefficient (Wildman–Crippen LogP) is 7.82. The number of hydrogen-bond acceptors (Lipinski definition) is 3. The number of fused-ring (bicyclic) bond motifs is 1. The first-order chi connectivity index (χ1) is 17.7. The van der Waals surface area contributed by atoms with E-state index in [2.05, 4.69) is 0 Å². The first-order valence-corrected chi connectivity index (χ1v) is 13.0. The Hall–Kier alpha value is -2.93. The lowest BCUT2D eigenvalue weighted by Gasteiger charge is -2.29. The zero-order chi connectivity index (χ0) is 28.1. The maximum Gasteiger partial charge on any atom is 0.337 e. The maximum absolute atomic E-state index is 14.0. The molecule has 4 rings (SSSR count). The molecule has 1 atom stereocenters. The molecule has 1 aliphatic heterocycles. The van der Waals surface area contributed by atoms with Gasteiger partial charge in [0.1, 0.15) is 0 Å². The number of ether oxygens (including phenoxy) is 1. The summed E-state index contributed by atoms with van der Waals surface area (Å²) in [6, 6.07) is 10.5. The molecular weight excluding hydrogens is 528 g/mol. The van der Waals surface area contributed by atoms with Crippen molar-refractivity contribution < 1.29 is 23.8 Å². The lowest BCUT2D eigenvalue weighted by atomic mass is 9.83. The number of nitrogens with zero attached hydrogens (tertiary/aromatic N) is 1. The van der Waals surface area contributed by atoms with Crippen LogP contribution in [0.25, 0.3) is 11.1 Å². The van der Waals surface area contributed by atoms with Crippen LogP contribution in [0.15, 0.2) is 36.4 Å². The molecule has 5 nitrogen and oxygen atoms in total. The molecule has 1 amide bonds. The Morgan fingerprint density at radius 3 is 2.00 bits per heavy atom. The number of halogens is 3. The molecule has 0 aliphatic carbocycles. The number of carboxylic acids is 1. The molecular formula is C30H30Cl2FNO4. The summed E-state index contributed by atoms with van der Waals surface area (Å²) in [5.74, 6) is -2.20. The van der Waals surface area contributed by atoms with E-state index in [1.807, 2.05) is 65.8 Å². The van der Waals surface area contributed by atoms with Crippen molar-refractivity contribution in [2.24, 2.45) is 0 Å². The van der Waals surface area contributed by atoms with Crippen molar-refractivity contribution in [1.29, 1.82) is 0 Å². The molecule has 3 aromatic carbocycles. The first-order valence-electron chi connectivity index (χ1n) is 12.3. The number of aryl methyl sites for hydroxylation is 1. The molecule has 38 heavy (non-hydrogen) atoms. The van der Waals surface area contributed by atoms with E-state index in [4.69, 9.17) is 27.9 Å². The van der Waals surface area contributed by atoms with Crippen molar-refractivity contribution >= 4 is 35.1 Å². The second-order valence-corrected chi connectivity index (χ2v) is 11.5. The summed E-state index contributed by atoms with van der Waals surface area (Å²) in [6.45, 7) is 11.9. The number of carbonyl (C=O) groups is 2. The van der Waals surface area contributed by atoms with Crippen LogP contribution in [0.1, 0.15) is 70.6 Å². The largest absolute Gasteiger partial charge is 0.479 e. The lowest BCUT2D eigenvalue weighted by Crippen LogP contribution is -2.28. The van der Waals surface area contributed by atoms with Gasteiger partial charge in [0.05, 0.1) is 15.6 Å². The molecule has 1 unspecified atom stereocenters. The number of hydrogen-bond donors (Lipinski definition) is 1. The van der Waals surface area contributed by atoms with Gasteiger partial charge in [-0.25, -0.2) is 9.18 Å². The third-order valence-corrected chi connectivity index (χ3v) is 7.38. The second-order valence-electron chi connectivity index (χ2n) is 10.7. The summed E-state index contributed by atoms with van der Waals surface area (Å²) in [7, 11) is 0. The molecule has 0 spiro atoms. The highest BCUT2D eigenvalue weighted by molar-refractivity contribution is 6.35. The van der Waals surface area contributed by atoms with E-state index in [9.17, 15) is 19.1 Å². The number of amides is 1. The van der Waals surface area contributed by atoms with Crippen LogP contribution in [0.2, 0.25) is 10.0 Å². The van der Waals surface area contributed by atoms with E-state index in [1.54, 1.807) is 4.90 Å². The molecule has 1 aliphatic rings. The Balaban J connectivity index is 1.88. The Morgan fingerprint density at radius 2 is 1.50 bits per heavy atom. The lowest BCUT2D eigenvalue weighted by molar-refractivity contribution is -0.160. The number of carbonyl (C=O) groups excluding carboxylic acids is 1. The van der Waals surface area contributed by atoms with Gasteiger partial charge in [-0.15, -0.1) is 0 Å². The Bertz CT molecular complexity index is 1420. The van der Waals surface area contributed by atoms with Gasteiger partial charge in [-0.05, 0) is 87.1 Å². The van der Waals surface area contributed by atoms with Crippen LogP contribution in [-0.4, -0.2) is 27.5 Å². The first kappa shape index (κ1) is 28.1. The fraction of sp³-hybridized carbons (Fsp3) is 0.333. The number of rotatable bonds is 5. The summed E-state index contributed by atoms with van der Waals surface area (Å²) in [6.07, 6.45) is -1.21. The monoisotopic (exact) mass is 557 g/mol. The van der Waals surface area contributed by atoms with Crippen LogP contribution < -0.4 is 0 Å². The van der Waals surface area contributed by atoms with Crippen LogP contribution in [0, 0.1) is 26.6 Å². The van der Waals surface area contributed by atoms with Gasteiger partial charge in [0.25, 0.3) is 5.91 Å². The zero-order valence-corrected chi connectivity index (χ0v) is 23.7. The number of benzene rings is 3. The standard InChI is InChI=1S/C30H30Cl2FNO4/c1-15-7-9-18(10-8-15)24-16(2)20-13-34(28(35)19-11-22(31)26(33)23(32)12-19)14-21(20)17(3)25(24)27(29(36)37)38-30(4,5)6/h7-12,27H,13-14H2,1-6H3,(H,36,37). The van der Waals surface area contributed by atoms with E-state index in [1.165, 1.54) is 12.1 Å². The maximum atomic E-state index is 14.0. The quantitative estimate of drug-likeness (QED) is 0.324. The molecule has 200 valence electrons. The second kappa shape index (κ2) is 10.3. The van der Waals surface area contributed by atoms with Crippen molar-refractivity contribution in [2.75, 3.05) is 0 Å². The average molecular weight is 558 g/mol. The minimum atomic E-state index is -1.21. The van der Waals surface area contributed by atoms with Crippen molar-refractivity contribution in [3.63, 3.8) is 0 Å². The van der Waals surface area contributed by atoms with E-state index in [-0.39, 0.29) is 28.1 Å². The van der Waals surface area contributed by atoms with E-state index < -0.39 is 23.5 Å². The highest BCUT2D eigenvalue weighted by Gasteiger charge is 2.36. The van der Waals surface area contributed by atoms with Gasteiger partial charge < -0.3 is 14.7 Å². The minimum Gasteiger partial charge on any atom is -0.479 e. The highest BCUT2D eigenvalue weighted by atomic mass is 35.5. The topological polar surface area (TPSA) is 66.8 Å². The third kappa shape index (κ3) is 5.31. The van der Waals surface area contributed by atoms with Gasteiger partial charge in [-0.1, -0.05) is 53.0 Å². The van der Waals surface area contributed by atoms with Crippen molar-refractivity contribution in [1.82, 2.24) is 4.90 Å². The number of carboxylic acid groups (broad SMARTS) is 1. The molecule has 0 saturated heterocycles.